The van der Waals surface area contributed by atoms with Crippen LogP contribution in [0.25, 0.3) is 11.8 Å². The summed E-state index contributed by atoms with van der Waals surface area (Å²) >= 11 is 6.00. The van der Waals surface area contributed by atoms with Crippen LogP contribution in [0.15, 0.2) is 72.8 Å². The van der Waals surface area contributed by atoms with Crippen molar-refractivity contribution >= 4 is 29.3 Å². The molecule has 0 spiro atoms. The number of halogens is 1. The fourth-order valence-electron chi connectivity index (χ4n) is 3.24. The molecule has 0 saturated heterocycles. The van der Waals surface area contributed by atoms with Crippen LogP contribution in [0.3, 0.4) is 0 Å². The molecule has 0 aliphatic carbocycles. The van der Waals surface area contributed by atoms with Gasteiger partial charge in [-0.25, -0.2) is 0 Å². The molecule has 0 saturated carbocycles. The van der Waals surface area contributed by atoms with Gasteiger partial charge in [0, 0.05) is 16.1 Å². The van der Waals surface area contributed by atoms with Gasteiger partial charge in [0.1, 0.15) is 5.75 Å². The van der Waals surface area contributed by atoms with E-state index in [1.807, 2.05) is 83.8 Å². The Bertz CT molecular complexity index is 1010. The van der Waals surface area contributed by atoms with Gasteiger partial charge in [-0.05, 0) is 47.5 Å². The molecule has 134 valence electrons. The molecule has 1 aliphatic rings. The van der Waals surface area contributed by atoms with E-state index in [-0.39, 0.29) is 5.91 Å². The quantitative estimate of drug-likeness (QED) is 0.602. The van der Waals surface area contributed by atoms with E-state index in [1.54, 1.807) is 7.11 Å². The van der Waals surface area contributed by atoms with Crippen molar-refractivity contribution in [2.24, 2.45) is 0 Å². The molecule has 0 bridgehead atoms. The third kappa shape index (κ3) is 3.46. The summed E-state index contributed by atoms with van der Waals surface area (Å²) in [6.07, 6.45) is 2.03. The number of amides is 1. The van der Waals surface area contributed by atoms with Crippen molar-refractivity contribution < 1.29 is 9.53 Å². The minimum absolute atomic E-state index is 0.0154. The number of benzene rings is 3. The first-order valence-electron chi connectivity index (χ1n) is 8.67. The first-order chi connectivity index (χ1) is 13.2. The first kappa shape index (κ1) is 17.4. The second kappa shape index (κ2) is 7.29. The molecule has 0 radical (unpaired) electrons. The van der Waals surface area contributed by atoms with Crippen LogP contribution in [0.2, 0.25) is 5.02 Å². The third-order valence-corrected chi connectivity index (χ3v) is 4.89. The lowest BCUT2D eigenvalue weighted by molar-refractivity contribution is 0.0843. The highest BCUT2D eigenvalue weighted by atomic mass is 35.5. The Labute approximate surface area is 163 Å². The first-order valence-corrected chi connectivity index (χ1v) is 9.05. The molecule has 4 rings (SSSR count). The van der Waals surface area contributed by atoms with E-state index < -0.39 is 0 Å². The lowest BCUT2D eigenvalue weighted by atomic mass is 10.1. The van der Waals surface area contributed by atoms with Crippen LogP contribution in [0.1, 0.15) is 27.0 Å². The molecule has 0 atom stereocenters. The van der Waals surface area contributed by atoms with E-state index in [2.05, 4.69) is 0 Å². The Hall–Kier alpha value is -3.04. The van der Waals surface area contributed by atoms with Crippen molar-refractivity contribution in [3.05, 3.63) is 100 Å². The summed E-state index contributed by atoms with van der Waals surface area (Å²) in [5.74, 6) is 0.813. The third-order valence-electron chi connectivity index (χ3n) is 4.64. The summed E-state index contributed by atoms with van der Waals surface area (Å²) in [6, 6.07) is 23.1. The minimum Gasteiger partial charge on any atom is -0.497 e. The highest BCUT2D eigenvalue weighted by Crippen LogP contribution is 2.35. The predicted molar refractivity (Wildman–Crippen MR) is 109 cm³/mol. The van der Waals surface area contributed by atoms with Crippen LogP contribution >= 0.6 is 11.6 Å². The zero-order valence-corrected chi connectivity index (χ0v) is 15.6. The fourth-order valence-corrected chi connectivity index (χ4v) is 3.36. The summed E-state index contributed by atoms with van der Waals surface area (Å²) in [4.78, 5) is 14.8. The van der Waals surface area contributed by atoms with Gasteiger partial charge in [-0.2, -0.15) is 0 Å². The Morgan fingerprint density at radius 3 is 2.26 bits per heavy atom. The van der Waals surface area contributed by atoms with Gasteiger partial charge in [-0.1, -0.05) is 54.1 Å². The van der Waals surface area contributed by atoms with E-state index in [0.29, 0.717) is 11.6 Å². The van der Waals surface area contributed by atoms with E-state index in [9.17, 15) is 4.79 Å². The SMILES string of the molecule is COc1ccc(CN2C(=O)c3ccccc3/C2=C\c2ccc(Cl)cc2)cc1. The number of carbonyl (C=O) groups excluding carboxylic acids is 1. The normalized spacial score (nSPS) is 14.5. The van der Waals surface area contributed by atoms with Crippen LogP contribution in [-0.2, 0) is 6.54 Å². The number of methoxy groups -OCH3 is 1. The molecular formula is C23H18ClNO2. The minimum atomic E-state index is 0.0154. The maximum absolute atomic E-state index is 13.0. The maximum Gasteiger partial charge on any atom is 0.259 e. The van der Waals surface area contributed by atoms with Gasteiger partial charge in [0.05, 0.1) is 19.4 Å². The molecule has 4 heteroatoms. The zero-order valence-electron chi connectivity index (χ0n) is 14.9. The van der Waals surface area contributed by atoms with Crippen LogP contribution in [-0.4, -0.2) is 17.9 Å². The van der Waals surface area contributed by atoms with E-state index in [0.717, 1.165) is 33.7 Å². The van der Waals surface area contributed by atoms with Crippen LogP contribution in [0.4, 0.5) is 0 Å². The average molecular weight is 376 g/mol. The van der Waals surface area contributed by atoms with Crippen LogP contribution in [0, 0.1) is 0 Å². The summed E-state index contributed by atoms with van der Waals surface area (Å²) in [5, 5.41) is 0.690. The molecule has 1 amide bonds. The van der Waals surface area contributed by atoms with E-state index in [4.69, 9.17) is 16.3 Å². The van der Waals surface area contributed by atoms with Gasteiger partial charge < -0.3 is 9.64 Å². The lowest BCUT2D eigenvalue weighted by Crippen LogP contribution is -2.22. The Morgan fingerprint density at radius 1 is 0.926 bits per heavy atom. The largest absolute Gasteiger partial charge is 0.497 e. The standard InChI is InChI=1S/C23H18ClNO2/c1-27-19-12-8-17(9-13-19)15-25-22(14-16-6-10-18(24)11-7-16)20-4-2-3-5-21(20)23(25)26/h2-14H,15H2,1H3/b22-14+. The molecule has 3 nitrogen and oxygen atoms in total. The average Bonchev–Trinajstić information content (AvgIpc) is 2.96. The van der Waals surface area contributed by atoms with Crippen molar-refractivity contribution in [3.8, 4) is 5.75 Å². The zero-order chi connectivity index (χ0) is 18.8. The van der Waals surface area contributed by atoms with Crippen LogP contribution < -0.4 is 4.74 Å². The summed E-state index contributed by atoms with van der Waals surface area (Å²) in [7, 11) is 1.64. The number of fused-ring (bicyclic) bond motifs is 1. The maximum atomic E-state index is 13.0. The molecule has 1 heterocycles. The Balaban J connectivity index is 1.73. The summed E-state index contributed by atoms with van der Waals surface area (Å²) in [5.41, 5.74) is 4.61. The summed E-state index contributed by atoms with van der Waals surface area (Å²) in [6.45, 7) is 0.497. The molecule has 3 aromatic rings. The Kier molecular flexibility index (Phi) is 4.69. The van der Waals surface area contributed by atoms with Crippen molar-refractivity contribution in [1.82, 2.24) is 4.90 Å². The van der Waals surface area contributed by atoms with Crippen molar-refractivity contribution in [3.63, 3.8) is 0 Å². The second-order valence-corrected chi connectivity index (χ2v) is 6.80. The van der Waals surface area contributed by atoms with Crippen molar-refractivity contribution in [1.29, 1.82) is 0 Å². The number of hydrogen-bond acceptors (Lipinski definition) is 2. The van der Waals surface area contributed by atoms with E-state index in [1.165, 1.54) is 0 Å². The topological polar surface area (TPSA) is 29.5 Å². The fraction of sp³-hybridized carbons (Fsp3) is 0.0870. The highest BCUT2D eigenvalue weighted by molar-refractivity contribution is 6.30. The summed E-state index contributed by atoms with van der Waals surface area (Å²) < 4.78 is 5.22. The van der Waals surface area contributed by atoms with Crippen molar-refractivity contribution in [2.45, 2.75) is 6.54 Å². The van der Waals surface area contributed by atoms with E-state index >= 15 is 0 Å². The molecule has 0 N–H and O–H groups in total. The predicted octanol–water partition coefficient (Wildman–Crippen LogP) is 5.50. The van der Waals surface area contributed by atoms with Crippen LogP contribution in [0.5, 0.6) is 5.75 Å². The monoisotopic (exact) mass is 375 g/mol. The number of rotatable bonds is 4. The van der Waals surface area contributed by atoms with Gasteiger partial charge in [-0.15, -0.1) is 0 Å². The molecule has 0 unspecified atom stereocenters. The number of nitrogens with zero attached hydrogens (tertiary/aromatic N) is 1. The molecular weight excluding hydrogens is 358 g/mol. The van der Waals surface area contributed by atoms with Gasteiger partial charge in [0.2, 0.25) is 0 Å². The van der Waals surface area contributed by atoms with Crippen molar-refractivity contribution in [2.75, 3.05) is 7.11 Å². The number of ether oxygens (including phenoxy) is 1. The molecule has 3 aromatic carbocycles. The second-order valence-electron chi connectivity index (χ2n) is 6.37. The number of hydrogen-bond donors (Lipinski definition) is 0. The Morgan fingerprint density at radius 2 is 1.59 bits per heavy atom. The van der Waals surface area contributed by atoms with Gasteiger partial charge in [0.25, 0.3) is 5.91 Å². The number of carbonyl (C=O) groups is 1. The highest BCUT2D eigenvalue weighted by Gasteiger charge is 2.31. The molecule has 0 fully saturated rings. The van der Waals surface area contributed by atoms with Gasteiger partial charge in [-0.3, -0.25) is 4.79 Å². The molecule has 0 aromatic heterocycles. The smallest absolute Gasteiger partial charge is 0.259 e. The van der Waals surface area contributed by atoms with Gasteiger partial charge in [0.15, 0.2) is 0 Å². The molecule has 27 heavy (non-hydrogen) atoms. The molecule has 1 aliphatic heterocycles. The van der Waals surface area contributed by atoms with Gasteiger partial charge >= 0.3 is 0 Å². The lowest BCUT2D eigenvalue weighted by Gasteiger charge is -2.19.